The van der Waals surface area contributed by atoms with E-state index in [-0.39, 0.29) is 12.1 Å². The van der Waals surface area contributed by atoms with Crippen molar-refractivity contribution in [2.75, 3.05) is 20.2 Å². The Bertz CT molecular complexity index is 423. The molecule has 0 unspecified atom stereocenters. The Morgan fingerprint density at radius 1 is 1.67 bits per heavy atom. The largest absolute Gasteiger partial charge is 0.467 e. The molecular weight excluding hydrogens is 318 g/mol. The third-order valence-electron chi connectivity index (χ3n) is 2.86. The molecule has 0 bridgehead atoms. The number of nitrogens with zero attached hydrogens (tertiary/aromatic N) is 1. The maximum Gasteiger partial charge on any atom is 0.336 e. The summed E-state index contributed by atoms with van der Waals surface area (Å²) in [5.74, 6) is -0.295. The Kier molecular flexibility index (Phi) is 4.77. The number of carbonyl (C=O) groups is 1. The van der Waals surface area contributed by atoms with Crippen molar-refractivity contribution in [3.8, 4) is 0 Å². The Labute approximate surface area is 119 Å². The van der Waals surface area contributed by atoms with Gasteiger partial charge in [0, 0.05) is 29.0 Å². The molecule has 4 nitrogen and oxygen atoms in total. The van der Waals surface area contributed by atoms with E-state index in [0.717, 1.165) is 17.6 Å². The highest BCUT2D eigenvalue weighted by Crippen LogP contribution is 2.25. The van der Waals surface area contributed by atoms with Gasteiger partial charge in [0.1, 0.15) is 0 Å². The second kappa shape index (κ2) is 6.14. The molecular formula is C12H16BrNO3S. The van der Waals surface area contributed by atoms with Gasteiger partial charge in [-0.2, -0.15) is 0 Å². The van der Waals surface area contributed by atoms with Crippen molar-refractivity contribution in [2.24, 2.45) is 0 Å². The third kappa shape index (κ3) is 3.32. The molecule has 0 amide bonds. The Hall–Kier alpha value is -0.430. The van der Waals surface area contributed by atoms with Crippen LogP contribution in [0.1, 0.15) is 11.8 Å². The van der Waals surface area contributed by atoms with Crippen molar-refractivity contribution in [1.82, 2.24) is 4.90 Å². The molecule has 0 aromatic carbocycles. The maximum absolute atomic E-state index is 11.5. The molecule has 0 radical (unpaired) electrons. The van der Waals surface area contributed by atoms with Crippen molar-refractivity contribution in [3.63, 3.8) is 0 Å². The highest BCUT2D eigenvalue weighted by Gasteiger charge is 2.31. The summed E-state index contributed by atoms with van der Waals surface area (Å²) in [5, 5.41) is 2.06. The van der Waals surface area contributed by atoms with Gasteiger partial charge in [0.2, 0.25) is 0 Å². The molecule has 18 heavy (non-hydrogen) atoms. The summed E-state index contributed by atoms with van der Waals surface area (Å²) < 4.78 is 11.5. The van der Waals surface area contributed by atoms with E-state index in [0.29, 0.717) is 6.54 Å². The summed E-state index contributed by atoms with van der Waals surface area (Å²) in [6, 6.07) is 2.04. The van der Waals surface area contributed by atoms with Crippen LogP contribution in [0.2, 0.25) is 0 Å². The number of hydrogen-bond donors (Lipinski definition) is 0. The first kappa shape index (κ1) is 14.0. The van der Waals surface area contributed by atoms with E-state index in [1.807, 2.05) is 13.0 Å². The van der Waals surface area contributed by atoms with Crippen LogP contribution >= 0.6 is 27.3 Å². The van der Waals surface area contributed by atoms with Gasteiger partial charge in [0.05, 0.1) is 13.2 Å². The number of rotatable bonds is 3. The lowest BCUT2D eigenvalue weighted by atomic mass is 10.2. The fourth-order valence-corrected chi connectivity index (χ4v) is 3.59. The molecule has 1 aliphatic heterocycles. The Morgan fingerprint density at radius 2 is 2.44 bits per heavy atom. The third-order valence-corrected chi connectivity index (χ3v) is 4.77. The number of carbonyl (C=O) groups excluding carboxylic acids is 1. The maximum atomic E-state index is 11.5. The molecule has 0 spiro atoms. The van der Waals surface area contributed by atoms with Crippen LogP contribution in [0.15, 0.2) is 15.9 Å². The molecule has 1 saturated heterocycles. The molecule has 1 aliphatic rings. The van der Waals surface area contributed by atoms with Crippen molar-refractivity contribution < 1.29 is 14.3 Å². The van der Waals surface area contributed by atoms with Crippen molar-refractivity contribution in [1.29, 1.82) is 0 Å². The summed E-state index contributed by atoms with van der Waals surface area (Å²) >= 11 is 5.24. The van der Waals surface area contributed by atoms with E-state index in [9.17, 15) is 4.79 Å². The van der Waals surface area contributed by atoms with Crippen molar-refractivity contribution >= 4 is 33.2 Å². The van der Waals surface area contributed by atoms with Crippen LogP contribution in [0, 0.1) is 0 Å². The number of thiophene rings is 1. The SMILES string of the molecule is COC(=O)[C@@H]1CN(Cc2sccc2Br)C[C@@H](C)O1. The van der Waals surface area contributed by atoms with E-state index < -0.39 is 6.10 Å². The first-order valence-electron chi connectivity index (χ1n) is 5.77. The zero-order chi connectivity index (χ0) is 13.1. The van der Waals surface area contributed by atoms with Gasteiger partial charge in [-0.15, -0.1) is 11.3 Å². The van der Waals surface area contributed by atoms with Gasteiger partial charge in [0.15, 0.2) is 6.10 Å². The Balaban J connectivity index is 2.00. The number of morpholine rings is 1. The van der Waals surface area contributed by atoms with Gasteiger partial charge < -0.3 is 9.47 Å². The second-order valence-corrected chi connectivity index (χ2v) is 6.20. The van der Waals surface area contributed by atoms with Crippen LogP contribution < -0.4 is 0 Å². The summed E-state index contributed by atoms with van der Waals surface area (Å²) in [5.41, 5.74) is 0. The summed E-state index contributed by atoms with van der Waals surface area (Å²) in [4.78, 5) is 15.0. The lowest BCUT2D eigenvalue weighted by Gasteiger charge is -2.35. The minimum Gasteiger partial charge on any atom is -0.467 e. The van der Waals surface area contributed by atoms with Crippen LogP contribution in [0.4, 0.5) is 0 Å². The van der Waals surface area contributed by atoms with Gasteiger partial charge in [-0.3, -0.25) is 4.90 Å². The second-order valence-electron chi connectivity index (χ2n) is 4.34. The van der Waals surface area contributed by atoms with Crippen LogP contribution in [-0.4, -0.2) is 43.3 Å². The molecule has 0 aliphatic carbocycles. The Morgan fingerprint density at radius 3 is 3.06 bits per heavy atom. The number of ether oxygens (including phenoxy) is 2. The minimum absolute atomic E-state index is 0.0431. The number of hydrogen-bond acceptors (Lipinski definition) is 5. The van der Waals surface area contributed by atoms with Gasteiger partial charge in [-0.25, -0.2) is 4.79 Å². The van der Waals surface area contributed by atoms with Crippen LogP contribution in [0.25, 0.3) is 0 Å². The number of methoxy groups -OCH3 is 1. The first-order chi connectivity index (χ1) is 8.60. The zero-order valence-electron chi connectivity index (χ0n) is 10.4. The number of halogens is 1. The standard InChI is InChI=1S/C12H16BrNO3S/c1-8-5-14(6-10(17-8)12(15)16-2)7-11-9(13)3-4-18-11/h3-4,8,10H,5-7H2,1-2H3/t8-,10+/m1/s1. The van der Waals surface area contributed by atoms with Crippen LogP contribution in [0.5, 0.6) is 0 Å². The first-order valence-corrected chi connectivity index (χ1v) is 7.45. The van der Waals surface area contributed by atoms with E-state index in [1.54, 1.807) is 11.3 Å². The molecule has 100 valence electrons. The molecule has 2 rings (SSSR count). The van der Waals surface area contributed by atoms with Gasteiger partial charge in [0.25, 0.3) is 0 Å². The lowest BCUT2D eigenvalue weighted by molar-refractivity contribution is -0.166. The molecule has 2 atom stereocenters. The van der Waals surface area contributed by atoms with Gasteiger partial charge >= 0.3 is 5.97 Å². The monoisotopic (exact) mass is 333 g/mol. The highest BCUT2D eigenvalue weighted by atomic mass is 79.9. The van der Waals surface area contributed by atoms with Gasteiger partial charge in [-0.05, 0) is 34.3 Å². The fourth-order valence-electron chi connectivity index (χ4n) is 2.07. The predicted octanol–water partition coefficient (Wildman–Crippen LogP) is 2.27. The quantitative estimate of drug-likeness (QED) is 0.795. The molecule has 0 saturated carbocycles. The molecule has 1 aromatic rings. The van der Waals surface area contributed by atoms with E-state index in [2.05, 4.69) is 26.2 Å². The molecule has 0 N–H and O–H groups in total. The fraction of sp³-hybridized carbons (Fsp3) is 0.583. The van der Waals surface area contributed by atoms with E-state index in [1.165, 1.54) is 12.0 Å². The summed E-state index contributed by atoms with van der Waals surface area (Å²) in [6.45, 7) is 4.23. The van der Waals surface area contributed by atoms with Crippen molar-refractivity contribution in [3.05, 3.63) is 20.8 Å². The molecule has 1 aromatic heterocycles. The zero-order valence-corrected chi connectivity index (χ0v) is 12.8. The molecule has 1 fully saturated rings. The summed E-state index contributed by atoms with van der Waals surface area (Å²) in [7, 11) is 1.39. The smallest absolute Gasteiger partial charge is 0.336 e. The number of esters is 1. The predicted molar refractivity (Wildman–Crippen MR) is 73.6 cm³/mol. The van der Waals surface area contributed by atoms with Gasteiger partial charge in [-0.1, -0.05) is 0 Å². The highest BCUT2D eigenvalue weighted by molar-refractivity contribution is 9.10. The van der Waals surface area contributed by atoms with E-state index in [4.69, 9.17) is 9.47 Å². The average molecular weight is 334 g/mol. The topological polar surface area (TPSA) is 38.8 Å². The van der Waals surface area contributed by atoms with Crippen LogP contribution in [-0.2, 0) is 20.8 Å². The minimum atomic E-state index is -0.475. The normalized spacial score (nSPS) is 25.1. The van der Waals surface area contributed by atoms with Crippen LogP contribution in [0.3, 0.4) is 0 Å². The summed E-state index contributed by atoms with van der Waals surface area (Å²) in [6.07, 6.45) is -0.431. The molecule has 6 heteroatoms. The molecule has 2 heterocycles. The van der Waals surface area contributed by atoms with Crippen molar-refractivity contribution in [2.45, 2.75) is 25.7 Å². The average Bonchev–Trinajstić information content (AvgIpc) is 2.73. The lowest BCUT2D eigenvalue weighted by Crippen LogP contribution is -2.49. The van der Waals surface area contributed by atoms with E-state index >= 15 is 0 Å².